The Balaban J connectivity index is 1.43. The van der Waals surface area contributed by atoms with Crippen LogP contribution in [-0.4, -0.2) is 86.1 Å². The number of hydrogen-bond acceptors (Lipinski definition) is 7. The van der Waals surface area contributed by atoms with Crippen molar-refractivity contribution in [2.75, 3.05) is 45.1 Å². The summed E-state index contributed by atoms with van der Waals surface area (Å²) in [6.07, 6.45) is 2.13. The largest absolute Gasteiger partial charge is 0.444 e. The summed E-state index contributed by atoms with van der Waals surface area (Å²) in [5, 5.41) is 10.4. The summed E-state index contributed by atoms with van der Waals surface area (Å²) in [6, 6.07) is 5.20. The number of halogens is 2. The number of amides is 2. The second kappa shape index (κ2) is 11.2. The van der Waals surface area contributed by atoms with Gasteiger partial charge in [-0.2, -0.15) is 4.31 Å². The molecule has 0 bridgehead atoms. The van der Waals surface area contributed by atoms with Gasteiger partial charge in [0.1, 0.15) is 6.10 Å². The van der Waals surface area contributed by atoms with Gasteiger partial charge in [-0.3, -0.25) is 10.0 Å². The third kappa shape index (κ3) is 5.81. The maximum absolute atomic E-state index is 13.4. The van der Waals surface area contributed by atoms with Gasteiger partial charge in [-0.05, 0) is 37.0 Å². The van der Waals surface area contributed by atoms with Crippen LogP contribution in [0.3, 0.4) is 0 Å². The van der Waals surface area contributed by atoms with Crippen LogP contribution in [0.25, 0.3) is 5.57 Å². The lowest BCUT2D eigenvalue weighted by molar-refractivity contribution is -0.141. The first-order valence-corrected chi connectivity index (χ1v) is 14.1. The van der Waals surface area contributed by atoms with Crippen LogP contribution in [-0.2, 0) is 24.3 Å². The van der Waals surface area contributed by atoms with Crippen LogP contribution < -0.4 is 5.48 Å². The summed E-state index contributed by atoms with van der Waals surface area (Å²) in [5.41, 5.74) is 1.80. The molecular weight excluding hydrogens is 533 g/mol. The molecule has 2 saturated heterocycles. The number of likely N-dealkylation sites (tertiary alicyclic amines) is 1. The molecule has 3 aliphatic heterocycles. The second-order valence-electron chi connectivity index (χ2n) is 9.27. The van der Waals surface area contributed by atoms with Crippen LogP contribution >= 0.6 is 23.2 Å². The molecule has 3 aliphatic rings. The van der Waals surface area contributed by atoms with Crippen LogP contribution in [0.5, 0.6) is 0 Å². The minimum atomic E-state index is -3.88. The minimum absolute atomic E-state index is 0.0685. The number of benzene rings is 1. The quantitative estimate of drug-likeness (QED) is 0.404. The number of carbonyl (C=O) groups excluding carboxylic acids is 2. The number of ether oxygens (including phenoxy) is 2. The number of sulfonamides is 1. The fourth-order valence-electron chi connectivity index (χ4n) is 4.87. The maximum Gasteiger partial charge on any atom is 0.410 e. The van der Waals surface area contributed by atoms with Crippen LogP contribution in [0.15, 0.2) is 24.3 Å². The first kappa shape index (κ1) is 27.2. The molecular formula is C23H29Cl2N3O7S. The number of nitrogens with one attached hydrogen (secondary N) is 1. The topological polar surface area (TPSA) is 125 Å². The van der Waals surface area contributed by atoms with Crippen LogP contribution in [0.1, 0.15) is 31.2 Å². The molecule has 3 heterocycles. The van der Waals surface area contributed by atoms with E-state index in [0.717, 1.165) is 5.57 Å². The Kier molecular flexibility index (Phi) is 8.48. The van der Waals surface area contributed by atoms with Crippen molar-refractivity contribution in [1.29, 1.82) is 0 Å². The first-order chi connectivity index (χ1) is 17.1. The van der Waals surface area contributed by atoms with Crippen molar-refractivity contribution in [3.63, 3.8) is 0 Å². The van der Waals surface area contributed by atoms with E-state index in [0.29, 0.717) is 41.7 Å². The monoisotopic (exact) mass is 561 g/mol. The molecule has 1 aromatic rings. The molecule has 0 aromatic heterocycles. The van der Waals surface area contributed by atoms with Crippen molar-refractivity contribution < 1.29 is 32.7 Å². The summed E-state index contributed by atoms with van der Waals surface area (Å²) in [5.74, 6) is -1.26. The normalized spacial score (nSPS) is 22.7. The zero-order valence-corrected chi connectivity index (χ0v) is 21.9. The number of nitrogens with zero attached hydrogens (tertiary/aromatic N) is 2. The molecule has 1 unspecified atom stereocenters. The average molecular weight is 562 g/mol. The molecule has 0 spiro atoms. The van der Waals surface area contributed by atoms with Gasteiger partial charge in [-0.25, -0.2) is 18.7 Å². The highest BCUT2D eigenvalue weighted by Crippen LogP contribution is 2.37. The fourth-order valence-corrected chi connectivity index (χ4v) is 7.48. The molecule has 198 valence electrons. The van der Waals surface area contributed by atoms with Gasteiger partial charge in [0.05, 0.1) is 24.4 Å². The Labute approximate surface area is 220 Å². The Morgan fingerprint density at radius 2 is 1.89 bits per heavy atom. The lowest BCUT2D eigenvalue weighted by Crippen LogP contribution is -2.54. The number of hydrogen-bond donors (Lipinski definition) is 2. The Bertz CT molecular complexity index is 1110. The maximum atomic E-state index is 13.4. The van der Waals surface area contributed by atoms with E-state index < -0.39 is 33.2 Å². The van der Waals surface area contributed by atoms with Crippen LogP contribution in [0.4, 0.5) is 4.79 Å². The molecule has 13 heteroatoms. The van der Waals surface area contributed by atoms with E-state index in [9.17, 15) is 23.2 Å². The average Bonchev–Trinajstić information content (AvgIpc) is 3.37. The van der Waals surface area contributed by atoms with Crippen molar-refractivity contribution >= 4 is 50.8 Å². The lowest BCUT2D eigenvalue weighted by atomic mass is 9.79. The number of piperidine rings is 1. The third-order valence-corrected chi connectivity index (χ3v) is 9.69. The van der Waals surface area contributed by atoms with E-state index in [-0.39, 0.29) is 45.1 Å². The number of carbonyl (C=O) groups is 2. The molecule has 0 radical (unpaired) electrons. The predicted molar refractivity (Wildman–Crippen MR) is 133 cm³/mol. The minimum Gasteiger partial charge on any atom is -0.444 e. The van der Waals surface area contributed by atoms with Crippen molar-refractivity contribution in [3.05, 3.63) is 39.9 Å². The van der Waals surface area contributed by atoms with Crippen LogP contribution in [0.2, 0.25) is 10.0 Å². The molecule has 10 nitrogen and oxygen atoms in total. The van der Waals surface area contributed by atoms with Gasteiger partial charge in [-0.15, -0.1) is 0 Å². The Morgan fingerprint density at radius 3 is 2.44 bits per heavy atom. The highest BCUT2D eigenvalue weighted by molar-refractivity contribution is 7.89. The summed E-state index contributed by atoms with van der Waals surface area (Å²) in [6.45, 7) is 1.46. The van der Waals surface area contributed by atoms with Crippen molar-refractivity contribution in [2.45, 2.75) is 31.8 Å². The van der Waals surface area contributed by atoms with Gasteiger partial charge in [-0.1, -0.05) is 35.3 Å². The molecule has 0 saturated carbocycles. The van der Waals surface area contributed by atoms with Gasteiger partial charge >= 0.3 is 6.09 Å². The van der Waals surface area contributed by atoms with Gasteiger partial charge in [0.2, 0.25) is 10.0 Å². The highest BCUT2D eigenvalue weighted by Gasteiger charge is 2.47. The van der Waals surface area contributed by atoms with Gasteiger partial charge in [0.25, 0.3) is 5.91 Å². The van der Waals surface area contributed by atoms with E-state index in [1.165, 1.54) is 9.21 Å². The molecule has 1 aromatic carbocycles. The fraction of sp³-hybridized carbons (Fsp3) is 0.565. The molecule has 4 rings (SSSR count). The van der Waals surface area contributed by atoms with E-state index in [4.69, 9.17) is 32.7 Å². The molecule has 2 N–H and O–H groups in total. The highest BCUT2D eigenvalue weighted by atomic mass is 35.5. The van der Waals surface area contributed by atoms with Gasteiger partial charge in [0, 0.05) is 48.2 Å². The first-order valence-electron chi connectivity index (χ1n) is 11.7. The van der Waals surface area contributed by atoms with Crippen molar-refractivity contribution in [1.82, 2.24) is 14.7 Å². The molecule has 0 aliphatic carbocycles. The standard InChI is InChI=1S/C23H29Cl2N3O7S/c24-18-2-1-3-19(25)20(18)16-4-9-28(10-5-16)36(32,33)15-23(21(29)26-31)7-11-27(12-8-23)22(30)35-17-6-13-34-14-17/h1-4,17,31H,5-15H2,(H,26,29). The van der Waals surface area contributed by atoms with E-state index in [2.05, 4.69) is 0 Å². The third-order valence-electron chi connectivity index (χ3n) is 7.03. The summed E-state index contributed by atoms with van der Waals surface area (Å²) < 4.78 is 38.7. The van der Waals surface area contributed by atoms with E-state index in [1.807, 2.05) is 0 Å². The summed E-state index contributed by atoms with van der Waals surface area (Å²) in [4.78, 5) is 26.6. The zero-order chi connectivity index (χ0) is 25.9. The van der Waals surface area contributed by atoms with Crippen molar-refractivity contribution in [2.24, 2.45) is 5.41 Å². The second-order valence-corrected chi connectivity index (χ2v) is 12.1. The summed E-state index contributed by atoms with van der Waals surface area (Å²) in [7, 11) is -3.88. The van der Waals surface area contributed by atoms with Crippen molar-refractivity contribution in [3.8, 4) is 0 Å². The summed E-state index contributed by atoms with van der Waals surface area (Å²) >= 11 is 12.6. The van der Waals surface area contributed by atoms with E-state index in [1.54, 1.807) is 29.8 Å². The SMILES string of the molecule is O=C(OC1CCOC1)N1CCC(CS(=O)(=O)N2CC=C(c3c(Cl)cccc3Cl)CC2)(C(=O)NO)CC1. The smallest absolute Gasteiger partial charge is 0.410 e. The van der Waals surface area contributed by atoms with Gasteiger partial charge in [0.15, 0.2) is 0 Å². The predicted octanol–water partition coefficient (Wildman–Crippen LogP) is 2.93. The lowest BCUT2D eigenvalue weighted by Gasteiger charge is -2.40. The van der Waals surface area contributed by atoms with Crippen LogP contribution in [0, 0.1) is 5.41 Å². The van der Waals surface area contributed by atoms with E-state index >= 15 is 0 Å². The number of hydroxylamine groups is 1. The Hall–Kier alpha value is -1.89. The Morgan fingerprint density at radius 1 is 1.19 bits per heavy atom. The van der Waals surface area contributed by atoms with Gasteiger partial charge < -0.3 is 14.4 Å². The molecule has 1 atom stereocenters. The number of rotatable bonds is 6. The molecule has 2 amide bonds. The zero-order valence-electron chi connectivity index (χ0n) is 19.6. The molecule has 36 heavy (non-hydrogen) atoms. The molecule has 2 fully saturated rings.